The first kappa shape index (κ1) is 29.3. The summed E-state index contributed by atoms with van der Waals surface area (Å²) in [5, 5.41) is 12.4. The summed E-state index contributed by atoms with van der Waals surface area (Å²) in [6.45, 7) is 5.30. The highest BCUT2D eigenvalue weighted by molar-refractivity contribution is 7.90. The minimum Gasteiger partial charge on any atom is -0.469 e. The van der Waals surface area contributed by atoms with Crippen LogP contribution in [0.2, 0.25) is 0 Å². The third kappa shape index (κ3) is 5.28. The number of ether oxygens (including phenoxy) is 2. The third-order valence-electron chi connectivity index (χ3n) is 7.40. The lowest BCUT2D eigenvalue weighted by molar-refractivity contribution is -0.153. The van der Waals surface area contributed by atoms with Crippen molar-refractivity contribution in [3.63, 3.8) is 0 Å². The fourth-order valence-corrected chi connectivity index (χ4v) is 7.25. The molecule has 0 fully saturated rings. The van der Waals surface area contributed by atoms with Gasteiger partial charge in [-0.05, 0) is 56.5 Å². The Kier molecular flexibility index (Phi) is 7.87. The van der Waals surface area contributed by atoms with Crippen LogP contribution >= 0.6 is 0 Å². The van der Waals surface area contributed by atoms with E-state index >= 15 is 0 Å². The van der Waals surface area contributed by atoms with Crippen molar-refractivity contribution >= 4 is 33.0 Å². The van der Waals surface area contributed by atoms with E-state index in [1.165, 1.54) is 28.1 Å². The van der Waals surface area contributed by atoms with E-state index in [1.807, 2.05) is 12.1 Å². The van der Waals surface area contributed by atoms with Gasteiger partial charge in [0.1, 0.15) is 11.5 Å². The second kappa shape index (κ2) is 11.3. The molecular formula is C32H34N2O7S. The van der Waals surface area contributed by atoms with Gasteiger partial charge in [0.15, 0.2) is 0 Å². The van der Waals surface area contributed by atoms with Gasteiger partial charge in [-0.15, -0.1) is 0 Å². The number of benzene rings is 3. The number of aliphatic hydroxyl groups is 1. The van der Waals surface area contributed by atoms with E-state index in [-0.39, 0.29) is 17.1 Å². The molecule has 2 heterocycles. The maximum Gasteiger partial charge on any atom is 0.410 e. The Labute approximate surface area is 245 Å². The van der Waals surface area contributed by atoms with Crippen LogP contribution in [0, 0.1) is 5.92 Å². The molecule has 1 amide bonds. The number of methoxy groups -OCH3 is 1. The third-order valence-corrected chi connectivity index (χ3v) is 9.14. The Morgan fingerprint density at radius 3 is 2.14 bits per heavy atom. The maximum atomic E-state index is 14.4. The molecule has 3 unspecified atom stereocenters. The number of hydrogen-bond acceptors (Lipinski definition) is 7. The van der Waals surface area contributed by atoms with Gasteiger partial charge in [0, 0.05) is 11.9 Å². The summed E-state index contributed by atoms with van der Waals surface area (Å²) in [7, 11) is -3.03. The summed E-state index contributed by atoms with van der Waals surface area (Å²) < 4.78 is 40.9. The van der Waals surface area contributed by atoms with Crippen molar-refractivity contribution in [3.8, 4) is 0 Å². The van der Waals surface area contributed by atoms with Gasteiger partial charge in [-0.1, -0.05) is 66.7 Å². The number of amides is 1. The number of aliphatic hydroxyl groups excluding tert-OH is 1. The molecule has 3 atom stereocenters. The standard InChI is InChI=1S/C32H34N2O7S/c1-32(2,3)41-31(37)33-20-19-24-23-17-11-12-18-25(23)34(42(38,39)22-15-9-6-10-16-22)27(24)28(33)26(30(36)40-4)29(35)21-13-7-5-8-14-21/h5-18,26,28-29,35H,19-20H2,1-4H3. The molecule has 0 saturated carbocycles. The zero-order valence-corrected chi connectivity index (χ0v) is 24.7. The van der Waals surface area contributed by atoms with Crippen LogP contribution in [-0.4, -0.2) is 53.7 Å². The van der Waals surface area contributed by atoms with E-state index in [0.29, 0.717) is 28.5 Å². The maximum absolute atomic E-state index is 14.4. The molecule has 1 aliphatic rings. The van der Waals surface area contributed by atoms with Gasteiger partial charge in [0.05, 0.1) is 35.4 Å². The molecule has 1 aromatic heterocycles. The van der Waals surface area contributed by atoms with Crippen molar-refractivity contribution < 1.29 is 32.6 Å². The van der Waals surface area contributed by atoms with E-state index < -0.39 is 45.8 Å². The molecule has 0 spiro atoms. The fourth-order valence-electron chi connectivity index (χ4n) is 5.65. The van der Waals surface area contributed by atoms with E-state index in [1.54, 1.807) is 81.4 Å². The van der Waals surface area contributed by atoms with Gasteiger partial charge in [-0.25, -0.2) is 17.2 Å². The lowest BCUT2D eigenvalue weighted by atomic mass is 9.83. The number of aromatic nitrogens is 1. The van der Waals surface area contributed by atoms with Crippen molar-refractivity contribution in [2.24, 2.45) is 5.92 Å². The number of nitrogens with zero attached hydrogens (tertiary/aromatic N) is 2. The zero-order chi connectivity index (χ0) is 30.2. The lowest BCUT2D eigenvalue weighted by Crippen LogP contribution is -2.49. The van der Waals surface area contributed by atoms with Crippen molar-refractivity contribution in [1.82, 2.24) is 8.87 Å². The predicted molar refractivity (Wildman–Crippen MR) is 157 cm³/mol. The SMILES string of the molecule is COC(=O)C(C(O)c1ccccc1)C1c2c(c3ccccc3n2S(=O)(=O)c2ccccc2)CCN1C(=O)OC(C)(C)C. The van der Waals surface area contributed by atoms with Gasteiger partial charge in [-0.3, -0.25) is 9.69 Å². The molecule has 4 aromatic rings. The molecule has 0 aliphatic carbocycles. The summed E-state index contributed by atoms with van der Waals surface area (Å²) in [6.07, 6.45) is -1.87. The molecule has 42 heavy (non-hydrogen) atoms. The van der Waals surface area contributed by atoms with Gasteiger partial charge in [0.25, 0.3) is 10.0 Å². The van der Waals surface area contributed by atoms with Crippen LogP contribution < -0.4 is 0 Å². The number of fused-ring (bicyclic) bond motifs is 3. The number of rotatable bonds is 6. The minimum atomic E-state index is -4.23. The molecule has 10 heteroatoms. The Morgan fingerprint density at radius 2 is 1.52 bits per heavy atom. The van der Waals surface area contributed by atoms with Crippen LogP contribution in [0.4, 0.5) is 4.79 Å². The average molecular weight is 591 g/mol. The lowest BCUT2D eigenvalue weighted by Gasteiger charge is -2.41. The van der Waals surface area contributed by atoms with E-state index in [2.05, 4.69) is 0 Å². The first-order valence-corrected chi connectivity index (χ1v) is 15.1. The molecule has 220 valence electrons. The Bertz CT molecular complexity index is 1710. The van der Waals surface area contributed by atoms with E-state index in [9.17, 15) is 23.1 Å². The minimum absolute atomic E-state index is 0.0416. The molecule has 9 nitrogen and oxygen atoms in total. The first-order valence-electron chi connectivity index (χ1n) is 13.7. The van der Waals surface area contributed by atoms with Crippen molar-refractivity contribution in [2.45, 2.75) is 49.8 Å². The number of para-hydroxylation sites is 1. The second-order valence-corrected chi connectivity index (χ2v) is 13.0. The molecular weight excluding hydrogens is 556 g/mol. The Morgan fingerprint density at radius 1 is 0.929 bits per heavy atom. The highest BCUT2D eigenvalue weighted by atomic mass is 32.2. The number of hydrogen-bond donors (Lipinski definition) is 1. The largest absolute Gasteiger partial charge is 0.469 e. The Hall–Kier alpha value is -4.15. The zero-order valence-electron chi connectivity index (χ0n) is 23.9. The van der Waals surface area contributed by atoms with Crippen LogP contribution in [0.3, 0.4) is 0 Å². The summed E-state index contributed by atoms with van der Waals surface area (Å²) in [6, 6.07) is 22.4. The molecule has 0 bridgehead atoms. The van der Waals surface area contributed by atoms with Crippen LogP contribution in [0.5, 0.6) is 0 Å². The summed E-state index contributed by atoms with van der Waals surface area (Å²) in [5.41, 5.74) is 0.827. The Balaban J connectivity index is 1.84. The summed E-state index contributed by atoms with van der Waals surface area (Å²) in [5.74, 6) is -2.19. The topological polar surface area (TPSA) is 115 Å². The number of carbonyl (C=O) groups excluding carboxylic acids is 2. The highest BCUT2D eigenvalue weighted by Crippen LogP contribution is 2.46. The fraction of sp³-hybridized carbons (Fsp3) is 0.312. The molecule has 0 saturated heterocycles. The van der Waals surface area contributed by atoms with E-state index in [0.717, 1.165) is 0 Å². The summed E-state index contributed by atoms with van der Waals surface area (Å²) >= 11 is 0. The highest BCUT2D eigenvalue weighted by Gasteiger charge is 2.49. The molecule has 3 aromatic carbocycles. The monoisotopic (exact) mass is 590 g/mol. The van der Waals surface area contributed by atoms with Crippen LogP contribution in [-0.2, 0) is 30.7 Å². The smallest absolute Gasteiger partial charge is 0.410 e. The van der Waals surface area contributed by atoms with Crippen molar-refractivity contribution in [3.05, 3.63) is 102 Å². The van der Waals surface area contributed by atoms with Gasteiger partial charge in [0.2, 0.25) is 0 Å². The normalized spacial score (nSPS) is 16.9. The van der Waals surface area contributed by atoms with Gasteiger partial charge in [-0.2, -0.15) is 0 Å². The quantitative estimate of drug-likeness (QED) is 0.306. The number of carbonyl (C=O) groups is 2. The van der Waals surface area contributed by atoms with E-state index in [4.69, 9.17) is 9.47 Å². The van der Waals surface area contributed by atoms with Crippen LogP contribution in [0.25, 0.3) is 10.9 Å². The van der Waals surface area contributed by atoms with Crippen LogP contribution in [0.1, 0.15) is 49.7 Å². The molecule has 0 radical (unpaired) electrons. The van der Waals surface area contributed by atoms with Crippen LogP contribution in [0.15, 0.2) is 89.8 Å². The molecule has 1 aliphatic heterocycles. The van der Waals surface area contributed by atoms with Crippen molar-refractivity contribution in [1.29, 1.82) is 0 Å². The van der Waals surface area contributed by atoms with Gasteiger partial charge < -0.3 is 14.6 Å². The number of esters is 1. The second-order valence-electron chi connectivity index (χ2n) is 11.2. The summed E-state index contributed by atoms with van der Waals surface area (Å²) in [4.78, 5) is 28.8. The van der Waals surface area contributed by atoms with Gasteiger partial charge >= 0.3 is 12.1 Å². The molecule has 1 N–H and O–H groups in total. The van der Waals surface area contributed by atoms with Crippen molar-refractivity contribution in [2.75, 3.05) is 13.7 Å². The predicted octanol–water partition coefficient (Wildman–Crippen LogP) is 5.24. The first-order chi connectivity index (χ1) is 20.0. The molecule has 5 rings (SSSR count). The average Bonchev–Trinajstić information content (AvgIpc) is 3.32.